The zero-order valence-electron chi connectivity index (χ0n) is 9.41. The molecule has 1 aromatic rings. The number of nitro benzene ring substituents is 1. The lowest BCUT2D eigenvalue weighted by Crippen LogP contribution is -2.04. The minimum absolute atomic E-state index is 0.124. The van der Waals surface area contributed by atoms with Crippen LogP contribution in [0.25, 0.3) is 0 Å². The fourth-order valence-electron chi connectivity index (χ4n) is 1.17. The Morgan fingerprint density at radius 1 is 1.59 bits per heavy atom. The fourth-order valence-corrected chi connectivity index (χ4v) is 1.37. The molecule has 0 aliphatic carbocycles. The Kier molecular flexibility index (Phi) is 4.76. The van der Waals surface area contributed by atoms with E-state index in [1.807, 2.05) is 0 Å². The van der Waals surface area contributed by atoms with Crippen molar-refractivity contribution in [2.45, 2.75) is 0 Å². The number of hydrogen-bond donors (Lipinski definition) is 1. The average Bonchev–Trinajstić information content (AvgIpc) is 2.30. The summed E-state index contributed by atoms with van der Waals surface area (Å²) in [6.07, 6.45) is 0. The quantitative estimate of drug-likeness (QED) is 0.508. The second kappa shape index (κ2) is 6.09. The van der Waals surface area contributed by atoms with Gasteiger partial charge in [0.15, 0.2) is 5.75 Å². The molecule has 0 unspecified atom stereocenters. The molecule has 0 saturated heterocycles. The highest BCUT2D eigenvalue weighted by molar-refractivity contribution is 6.32. The normalized spacial score (nSPS) is 9.35. The maximum Gasteiger partial charge on any atom is 0.312 e. The topological polar surface area (TPSA) is 64.4 Å². The number of halogens is 1. The van der Waals surface area contributed by atoms with Crippen molar-refractivity contribution in [2.24, 2.45) is 0 Å². The molecule has 17 heavy (non-hydrogen) atoms. The zero-order chi connectivity index (χ0) is 12.8. The molecular weight excluding hydrogens is 244 g/mol. The lowest BCUT2D eigenvalue weighted by Gasteiger charge is -2.03. The van der Waals surface area contributed by atoms with Crippen molar-refractivity contribution in [1.29, 1.82) is 0 Å². The first-order valence-corrected chi connectivity index (χ1v) is 5.13. The van der Waals surface area contributed by atoms with Crippen molar-refractivity contribution >= 4 is 17.3 Å². The Bertz CT molecular complexity index is 491. The summed E-state index contributed by atoms with van der Waals surface area (Å²) in [6.45, 7) is 0.482. The molecule has 0 bridgehead atoms. The zero-order valence-corrected chi connectivity index (χ0v) is 10.2. The van der Waals surface area contributed by atoms with Gasteiger partial charge in [-0.25, -0.2) is 0 Å². The second-order valence-corrected chi connectivity index (χ2v) is 3.50. The van der Waals surface area contributed by atoms with Gasteiger partial charge in [0.2, 0.25) is 0 Å². The van der Waals surface area contributed by atoms with E-state index in [1.54, 1.807) is 7.05 Å². The number of nitrogens with one attached hydrogen (secondary N) is 1. The van der Waals surface area contributed by atoms with Crippen molar-refractivity contribution in [2.75, 3.05) is 20.7 Å². The molecule has 0 fully saturated rings. The molecule has 90 valence electrons. The van der Waals surface area contributed by atoms with Crippen molar-refractivity contribution in [3.8, 4) is 17.6 Å². The van der Waals surface area contributed by atoms with E-state index in [0.29, 0.717) is 17.1 Å². The van der Waals surface area contributed by atoms with E-state index in [-0.39, 0.29) is 11.4 Å². The third-order valence-corrected chi connectivity index (χ3v) is 2.27. The SMILES string of the molecule is CNCC#Cc1cc([N+](=O)[O-])c(OC)cc1Cl. The largest absolute Gasteiger partial charge is 0.490 e. The van der Waals surface area contributed by atoms with Gasteiger partial charge in [0.25, 0.3) is 0 Å². The standard InChI is InChI=1S/C11H11ClN2O3/c1-13-5-3-4-8-6-10(14(15)16)11(17-2)7-9(8)12/h6-7,13H,5H2,1-2H3. The van der Waals surface area contributed by atoms with Crippen LogP contribution in [-0.4, -0.2) is 25.6 Å². The highest BCUT2D eigenvalue weighted by Gasteiger charge is 2.17. The summed E-state index contributed by atoms with van der Waals surface area (Å²) in [6, 6.07) is 2.70. The number of nitrogens with zero attached hydrogens (tertiary/aromatic N) is 1. The number of benzene rings is 1. The van der Waals surface area contributed by atoms with Crippen LogP contribution in [0.1, 0.15) is 5.56 Å². The van der Waals surface area contributed by atoms with E-state index in [0.717, 1.165) is 0 Å². The van der Waals surface area contributed by atoms with E-state index in [4.69, 9.17) is 16.3 Å². The molecule has 1 N–H and O–H groups in total. The van der Waals surface area contributed by atoms with Gasteiger partial charge in [-0.3, -0.25) is 10.1 Å². The molecule has 0 saturated carbocycles. The first-order valence-electron chi connectivity index (χ1n) is 4.75. The van der Waals surface area contributed by atoms with Crippen LogP contribution in [0.15, 0.2) is 12.1 Å². The van der Waals surface area contributed by atoms with Crippen LogP contribution in [-0.2, 0) is 0 Å². The van der Waals surface area contributed by atoms with Gasteiger partial charge in [0, 0.05) is 12.1 Å². The van der Waals surface area contributed by atoms with E-state index in [1.165, 1.54) is 19.2 Å². The van der Waals surface area contributed by atoms with Gasteiger partial charge >= 0.3 is 5.69 Å². The molecule has 0 aromatic heterocycles. The van der Waals surface area contributed by atoms with Gasteiger partial charge in [-0.1, -0.05) is 23.4 Å². The van der Waals surface area contributed by atoms with Gasteiger partial charge in [0.05, 0.1) is 29.2 Å². The molecule has 0 atom stereocenters. The van der Waals surface area contributed by atoms with Crippen LogP contribution in [0.3, 0.4) is 0 Å². The number of ether oxygens (including phenoxy) is 1. The monoisotopic (exact) mass is 254 g/mol. The van der Waals surface area contributed by atoms with Crippen LogP contribution < -0.4 is 10.1 Å². The molecule has 6 heteroatoms. The van der Waals surface area contributed by atoms with Gasteiger partial charge in [0.1, 0.15) is 0 Å². The first-order chi connectivity index (χ1) is 8.10. The van der Waals surface area contributed by atoms with E-state index >= 15 is 0 Å². The molecule has 0 radical (unpaired) electrons. The van der Waals surface area contributed by atoms with Gasteiger partial charge < -0.3 is 10.1 Å². The van der Waals surface area contributed by atoms with Crippen LogP contribution in [0.2, 0.25) is 5.02 Å². The molecule has 5 nitrogen and oxygen atoms in total. The summed E-state index contributed by atoms with van der Waals surface area (Å²) in [5.74, 6) is 5.67. The maximum absolute atomic E-state index is 10.8. The van der Waals surface area contributed by atoms with E-state index in [9.17, 15) is 10.1 Å². The summed E-state index contributed by atoms with van der Waals surface area (Å²) in [4.78, 5) is 10.3. The highest BCUT2D eigenvalue weighted by Crippen LogP contribution is 2.32. The van der Waals surface area contributed by atoms with Crippen molar-refractivity contribution < 1.29 is 9.66 Å². The Morgan fingerprint density at radius 3 is 2.82 bits per heavy atom. The molecule has 0 aliphatic heterocycles. The summed E-state index contributed by atoms with van der Waals surface area (Å²) >= 11 is 5.94. The summed E-state index contributed by atoms with van der Waals surface area (Å²) in [7, 11) is 3.11. The second-order valence-electron chi connectivity index (χ2n) is 3.09. The number of rotatable bonds is 3. The minimum atomic E-state index is -0.529. The Labute approximate surface area is 104 Å². The minimum Gasteiger partial charge on any atom is -0.490 e. The smallest absolute Gasteiger partial charge is 0.312 e. The van der Waals surface area contributed by atoms with Crippen LogP contribution in [0.5, 0.6) is 5.75 Å². The lowest BCUT2D eigenvalue weighted by atomic mass is 10.2. The van der Waals surface area contributed by atoms with E-state index < -0.39 is 4.92 Å². The summed E-state index contributed by atoms with van der Waals surface area (Å²) in [5, 5.41) is 14.0. The van der Waals surface area contributed by atoms with Crippen LogP contribution >= 0.6 is 11.6 Å². The lowest BCUT2D eigenvalue weighted by molar-refractivity contribution is -0.385. The third kappa shape index (κ3) is 3.34. The van der Waals surface area contributed by atoms with Crippen molar-refractivity contribution in [3.63, 3.8) is 0 Å². The number of nitro groups is 1. The third-order valence-electron chi connectivity index (χ3n) is 1.95. The maximum atomic E-state index is 10.8. The number of hydrogen-bond acceptors (Lipinski definition) is 4. The first kappa shape index (κ1) is 13.3. The molecule has 1 rings (SSSR count). The molecule has 0 amide bonds. The molecule has 0 spiro atoms. The summed E-state index contributed by atoms with van der Waals surface area (Å²) in [5.41, 5.74) is 0.264. The van der Waals surface area contributed by atoms with Crippen molar-refractivity contribution in [1.82, 2.24) is 5.32 Å². The number of methoxy groups -OCH3 is 1. The Balaban J connectivity index is 3.21. The Hall–Kier alpha value is -1.77. The molecule has 1 aromatic carbocycles. The van der Waals surface area contributed by atoms with Gasteiger partial charge in [-0.05, 0) is 7.05 Å². The van der Waals surface area contributed by atoms with E-state index in [2.05, 4.69) is 17.2 Å². The van der Waals surface area contributed by atoms with Crippen molar-refractivity contribution in [3.05, 3.63) is 32.8 Å². The van der Waals surface area contributed by atoms with Crippen LogP contribution in [0.4, 0.5) is 5.69 Å². The molecular formula is C11H11ClN2O3. The predicted molar refractivity (Wildman–Crippen MR) is 65.5 cm³/mol. The fraction of sp³-hybridized carbons (Fsp3) is 0.273. The molecule has 0 aliphatic rings. The summed E-state index contributed by atoms with van der Waals surface area (Å²) < 4.78 is 4.88. The van der Waals surface area contributed by atoms with Gasteiger partial charge in [-0.2, -0.15) is 0 Å². The average molecular weight is 255 g/mol. The Morgan fingerprint density at radius 2 is 2.29 bits per heavy atom. The van der Waals surface area contributed by atoms with Crippen LogP contribution in [0, 0.1) is 22.0 Å². The predicted octanol–water partition coefficient (Wildman–Crippen LogP) is 1.83. The molecule has 0 heterocycles. The highest BCUT2D eigenvalue weighted by atomic mass is 35.5. The van der Waals surface area contributed by atoms with Gasteiger partial charge in [-0.15, -0.1) is 0 Å².